The van der Waals surface area contributed by atoms with E-state index >= 15 is 0 Å². The van der Waals surface area contributed by atoms with Gasteiger partial charge in [-0.2, -0.15) is 0 Å². The van der Waals surface area contributed by atoms with E-state index in [1.54, 1.807) is 19.1 Å². The zero-order valence-corrected chi connectivity index (χ0v) is 20.2. The van der Waals surface area contributed by atoms with Crippen molar-refractivity contribution in [1.29, 1.82) is 0 Å². The van der Waals surface area contributed by atoms with E-state index < -0.39 is 6.04 Å². The Morgan fingerprint density at radius 1 is 1.06 bits per heavy atom. The molecule has 0 fully saturated rings. The maximum atomic E-state index is 12.7. The van der Waals surface area contributed by atoms with Crippen LogP contribution in [0.3, 0.4) is 0 Å². The van der Waals surface area contributed by atoms with Gasteiger partial charge in [0.1, 0.15) is 0 Å². The van der Waals surface area contributed by atoms with Gasteiger partial charge < -0.3 is 25.6 Å². The molecule has 0 radical (unpaired) electrons. The maximum Gasteiger partial charge on any atom is 0.338 e. The lowest BCUT2D eigenvalue weighted by Crippen LogP contribution is -2.47. The van der Waals surface area contributed by atoms with Crippen LogP contribution in [0.25, 0.3) is 0 Å². The molecule has 0 aromatic heterocycles. The second-order valence-corrected chi connectivity index (χ2v) is 7.99. The van der Waals surface area contributed by atoms with Crippen LogP contribution in [-0.4, -0.2) is 35.2 Å². The van der Waals surface area contributed by atoms with E-state index in [-0.39, 0.29) is 18.6 Å². The van der Waals surface area contributed by atoms with Crippen LogP contribution in [-0.2, 0) is 16.0 Å². The van der Waals surface area contributed by atoms with Crippen LogP contribution in [0.1, 0.15) is 44.9 Å². The number of aryl methyl sites for hydroxylation is 1. The molecule has 0 unspecified atom stereocenters. The summed E-state index contributed by atoms with van der Waals surface area (Å²) in [5.74, 6) is -0.371. The van der Waals surface area contributed by atoms with Gasteiger partial charge in [-0.25, -0.2) is 9.59 Å². The first-order valence-electron chi connectivity index (χ1n) is 11.1. The van der Waals surface area contributed by atoms with Gasteiger partial charge in [-0.1, -0.05) is 31.2 Å². The number of hydrogen-bond donors (Lipinski definition) is 3. The van der Waals surface area contributed by atoms with Gasteiger partial charge in [0.25, 0.3) is 0 Å². The summed E-state index contributed by atoms with van der Waals surface area (Å²) in [7, 11) is 0. The highest BCUT2D eigenvalue weighted by molar-refractivity contribution is 7.80. The van der Waals surface area contributed by atoms with Crippen molar-refractivity contribution >= 4 is 40.7 Å². The summed E-state index contributed by atoms with van der Waals surface area (Å²) in [5.41, 5.74) is 4.68. The molecule has 0 saturated carbocycles. The lowest BCUT2D eigenvalue weighted by atomic mass is 9.95. The Morgan fingerprint density at radius 2 is 1.76 bits per heavy atom. The Labute approximate surface area is 200 Å². The van der Waals surface area contributed by atoms with Crippen molar-refractivity contribution in [2.75, 3.05) is 23.8 Å². The third-order valence-electron chi connectivity index (χ3n) is 5.50. The van der Waals surface area contributed by atoms with Gasteiger partial charge in [0.05, 0.1) is 18.2 Å². The van der Waals surface area contributed by atoms with Gasteiger partial charge in [-0.3, -0.25) is 0 Å². The number of carbonyl (C=O) groups excluding carboxylic acids is 2. The molecular weight excluding hydrogens is 436 g/mol. The summed E-state index contributed by atoms with van der Waals surface area (Å²) >= 11 is 5.51. The number of carbonyl (C=O) groups is 2. The second kappa shape index (κ2) is 11.0. The molecule has 33 heavy (non-hydrogen) atoms. The molecule has 0 aliphatic carbocycles. The van der Waals surface area contributed by atoms with E-state index in [9.17, 15) is 9.59 Å². The van der Waals surface area contributed by atoms with Crippen LogP contribution in [0.2, 0.25) is 0 Å². The molecule has 3 rings (SSSR count). The second-order valence-electron chi connectivity index (χ2n) is 7.60. The Bertz CT molecular complexity index is 1070. The number of rotatable bonds is 7. The van der Waals surface area contributed by atoms with E-state index in [0.717, 1.165) is 28.9 Å². The molecule has 0 saturated heterocycles. The Hall–Kier alpha value is -3.39. The highest BCUT2D eigenvalue weighted by atomic mass is 32.1. The van der Waals surface area contributed by atoms with Gasteiger partial charge in [0.15, 0.2) is 5.11 Å². The number of thiocarbonyl (C=S) groups is 1. The summed E-state index contributed by atoms with van der Waals surface area (Å²) in [5, 5.41) is 9.50. The average Bonchev–Trinajstić information content (AvgIpc) is 2.79. The molecule has 7 nitrogen and oxygen atoms in total. The fourth-order valence-electron chi connectivity index (χ4n) is 3.81. The molecule has 1 atom stereocenters. The molecule has 2 aromatic carbocycles. The van der Waals surface area contributed by atoms with Crippen LogP contribution in [0.4, 0.5) is 16.2 Å². The zero-order chi connectivity index (χ0) is 24.0. The van der Waals surface area contributed by atoms with E-state index in [2.05, 4.69) is 22.9 Å². The van der Waals surface area contributed by atoms with Crippen LogP contribution >= 0.6 is 12.2 Å². The summed E-state index contributed by atoms with van der Waals surface area (Å²) in [6, 6.07) is 14.3. The minimum Gasteiger partial charge on any atom is -0.463 e. The van der Waals surface area contributed by atoms with E-state index in [1.165, 1.54) is 0 Å². The normalized spacial score (nSPS) is 15.7. The lowest BCUT2D eigenvalue weighted by molar-refractivity contribution is -0.139. The molecule has 1 aliphatic rings. The predicted octanol–water partition coefficient (Wildman–Crippen LogP) is 4.98. The first-order valence-corrected chi connectivity index (χ1v) is 11.5. The van der Waals surface area contributed by atoms with E-state index in [0.29, 0.717) is 22.9 Å². The number of esters is 1. The number of anilines is 2. The van der Waals surface area contributed by atoms with Crippen LogP contribution in [0.15, 0.2) is 59.8 Å². The van der Waals surface area contributed by atoms with Gasteiger partial charge in [0, 0.05) is 23.6 Å². The number of allylic oxidation sites excluding steroid dienone is 1. The van der Waals surface area contributed by atoms with Gasteiger partial charge in [-0.15, -0.1) is 0 Å². The number of urea groups is 1. The lowest BCUT2D eigenvalue weighted by Gasteiger charge is -2.37. The SMILES string of the molecule is CCOC(=O)C1=C(C)N(CC)C(=S)N[C@H]1c1ccc(NC(=O)Nc2cccc(CC)c2)cc1. The monoisotopic (exact) mass is 466 g/mol. The number of ether oxygens (including phenoxy) is 1. The topological polar surface area (TPSA) is 82.7 Å². The maximum absolute atomic E-state index is 12.7. The number of nitrogens with one attached hydrogen (secondary N) is 3. The molecule has 3 N–H and O–H groups in total. The summed E-state index contributed by atoms with van der Waals surface area (Å²) < 4.78 is 5.31. The molecule has 0 bridgehead atoms. The quantitative estimate of drug-likeness (QED) is 0.394. The molecule has 174 valence electrons. The van der Waals surface area contributed by atoms with Crippen LogP contribution in [0, 0.1) is 0 Å². The first-order chi connectivity index (χ1) is 15.9. The molecular formula is C25H30N4O3S. The Kier molecular flexibility index (Phi) is 8.06. The minimum absolute atomic E-state index is 0.290. The molecule has 8 heteroatoms. The zero-order valence-electron chi connectivity index (χ0n) is 19.4. The molecule has 2 amide bonds. The van der Waals surface area contributed by atoms with Crippen LogP contribution < -0.4 is 16.0 Å². The smallest absolute Gasteiger partial charge is 0.338 e. The van der Waals surface area contributed by atoms with Crippen LogP contribution in [0.5, 0.6) is 0 Å². The van der Waals surface area contributed by atoms with E-state index in [4.69, 9.17) is 17.0 Å². The Morgan fingerprint density at radius 3 is 2.39 bits per heavy atom. The highest BCUT2D eigenvalue weighted by Gasteiger charge is 2.34. The third kappa shape index (κ3) is 5.70. The molecule has 2 aromatic rings. The summed E-state index contributed by atoms with van der Waals surface area (Å²) in [6.45, 7) is 8.64. The fraction of sp³-hybridized carbons (Fsp3) is 0.320. The number of benzene rings is 2. The van der Waals surface area contributed by atoms with Crippen molar-refractivity contribution in [2.45, 2.75) is 40.2 Å². The van der Waals surface area contributed by atoms with Crippen molar-refractivity contribution < 1.29 is 14.3 Å². The number of nitrogens with zero attached hydrogens (tertiary/aromatic N) is 1. The fourth-order valence-corrected chi connectivity index (χ4v) is 4.19. The molecule has 0 spiro atoms. The predicted molar refractivity (Wildman–Crippen MR) is 135 cm³/mol. The Balaban J connectivity index is 1.77. The molecule has 1 aliphatic heterocycles. The molecule has 1 heterocycles. The van der Waals surface area contributed by atoms with Gasteiger partial charge >= 0.3 is 12.0 Å². The van der Waals surface area contributed by atoms with Crippen molar-refractivity contribution in [3.8, 4) is 0 Å². The first kappa shape index (κ1) is 24.3. The largest absolute Gasteiger partial charge is 0.463 e. The van der Waals surface area contributed by atoms with Gasteiger partial charge in [0.2, 0.25) is 0 Å². The van der Waals surface area contributed by atoms with Crippen molar-refractivity contribution in [2.24, 2.45) is 0 Å². The summed E-state index contributed by atoms with van der Waals surface area (Å²) in [6.07, 6.45) is 0.898. The minimum atomic E-state index is -0.431. The standard InChI is InChI=1S/C25H30N4O3S/c1-5-17-9-8-10-20(15-17)27-24(31)26-19-13-11-18(12-14-19)22-21(23(30)32-7-3)16(4)29(6-2)25(33)28-22/h8-15,22H,5-7H2,1-4H3,(H,28,33)(H2,26,27,31)/t22-/m0/s1. The highest BCUT2D eigenvalue weighted by Crippen LogP contribution is 2.32. The van der Waals surface area contributed by atoms with Crippen molar-refractivity contribution in [3.63, 3.8) is 0 Å². The van der Waals surface area contributed by atoms with Gasteiger partial charge in [-0.05, 0) is 74.8 Å². The average molecular weight is 467 g/mol. The number of amides is 2. The summed E-state index contributed by atoms with van der Waals surface area (Å²) in [4.78, 5) is 27.0. The third-order valence-corrected chi connectivity index (χ3v) is 5.84. The van der Waals surface area contributed by atoms with Crippen molar-refractivity contribution in [1.82, 2.24) is 10.2 Å². The van der Waals surface area contributed by atoms with E-state index in [1.807, 2.05) is 55.1 Å². The van der Waals surface area contributed by atoms with Crippen molar-refractivity contribution in [3.05, 3.63) is 70.9 Å². The number of hydrogen-bond acceptors (Lipinski definition) is 4.